The third-order valence-electron chi connectivity index (χ3n) is 3.54. The Morgan fingerprint density at radius 1 is 1.10 bits per heavy atom. The Morgan fingerprint density at radius 3 is 2.67 bits per heavy atom. The fourth-order valence-electron chi connectivity index (χ4n) is 2.37. The Balaban J connectivity index is 2.17. The summed E-state index contributed by atoms with van der Waals surface area (Å²) in [7, 11) is 0. The van der Waals surface area contributed by atoms with E-state index in [2.05, 4.69) is 34.3 Å². The zero-order valence-electron chi connectivity index (χ0n) is 11.9. The number of hydrogen-bond donors (Lipinski definition) is 3. The van der Waals surface area contributed by atoms with Crippen molar-refractivity contribution in [1.82, 2.24) is 9.97 Å². The Labute approximate surface area is 122 Å². The van der Waals surface area contributed by atoms with Crippen LogP contribution in [0.2, 0.25) is 0 Å². The van der Waals surface area contributed by atoms with Crippen molar-refractivity contribution in [1.29, 1.82) is 0 Å². The molecule has 0 fully saturated rings. The molecule has 0 bridgehead atoms. The molecule has 3 rings (SSSR count). The highest BCUT2D eigenvalue weighted by atomic mass is 16.3. The quantitative estimate of drug-likeness (QED) is 0.505. The molecule has 0 amide bonds. The molecule has 5 nitrogen and oxygen atoms in total. The van der Waals surface area contributed by atoms with Crippen molar-refractivity contribution in [2.75, 3.05) is 24.2 Å². The summed E-state index contributed by atoms with van der Waals surface area (Å²) in [5.41, 5.74) is 11.9. The number of hydrogen-bond acceptors (Lipinski definition) is 5. The summed E-state index contributed by atoms with van der Waals surface area (Å²) in [6.45, 7) is 2.63. The summed E-state index contributed by atoms with van der Waals surface area (Å²) in [5.74, 6) is 0. The van der Waals surface area contributed by atoms with Gasteiger partial charge in [0.2, 0.25) is 0 Å². The van der Waals surface area contributed by atoms with Crippen molar-refractivity contribution < 1.29 is 5.11 Å². The molecule has 0 radical (unpaired) electrons. The Hall–Kier alpha value is -2.40. The second-order valence-corrected chi connectivity index (χ2v) is 4.95. The summed E-state index contributed by atoms with van der Waals surface area (Å²) >= 11 is 0. The van der Waals surface area contributed by atoms with Crippen LogP contribution in [0, 0.1) is 0 Å². The molecular formula is C16H18N4O. The molecule has 0 saturated heterocycles. The van der Waals surface area contributed by atoms with Crippen molar-refractivity contribution in [2.24, 2.45) is 0 Å². The minimum absolute atomic E-state index is 0.0562. The van der Waals surface area contributed by atoms with Crippen LogP contribution in [-0.4, -0.2) is 28.2 Å². The molecule has 21 heavy (non-hydrogen) atoms. The Bertz CT molecular complexity index is 801. The SMILES string of the molecule is CCc1ccc2nc3c(N)c(NCCO)ccc3nc2c1. The maximum Gasteiger partial charge on any atom is 0.114 e. The third-order valence-corrected chi connectivity index (χ3v) is 3.54. The average molecular weight is 282 g/mol. The van der Waals surface area contributed by atoms with Gasteiger partial charge in [0.1, 0.15) is 5.52 Å². The van der Waals surface area contributed by atoms with E-state index in [0.29, 0.717) is 17.7 Å². The first-order chi connectivity index (χ1) is 10.2. The number of benzene rings is 2. The number of aromatic nitrogens is 2. The molecule has 0 saturated carbocycles. The van der Waals surface area contributed by atoms with Crippen molar-refractivity contribution in [3.8, 4) is 0 Å². The van der Waals surface area contributed by atoms with Gasteiger partial charge in [0.25, 0.3) is 0 Å². The van der Waals surface area contributed by atoms with Crippen LogP contribution >= 0.6 is 0 Å². The van der Waals surface area contributed by atoms with Gasteiger partial charge in [-0.1, -0.05) is 13.0 Å². The van der Waals surface area contributed by atoms with Gasteiger partial charge in [0.05, 0.1) is 34.5 Å². The number of nitrogens with one attached hydrogen (secondary N) is 1. The molecule has 5 heteroatoms. The number of anilines is 2. The molecule has 2 aromatic carbocycles. The summed E-state index contributed by atoms with van der Waals surface area (Å²) in [4.78, 5) is 9.28. The van der Waals surface area contributed by atoms with Crippen LogP contribution in [0.4, 0.5) is 11.4 Å². The number of aliphatic hydroxyl groups is 1. The van der Waals surface area contributed by atoms with Crippen LogP contribution in [0.3, 0.4) is 0 Å². The predicted molar refractivity (Wildman–Crippen MR) is 86.4 cm³/mol. The molecule has 0 atom stereocenters. The van der Waals surface area contributed by atoms with Gasteiger partial charge < -0.3 is 16.2 Å². The molecule has 0 aliphatic carbocycles. The fourth-order valence-corrected chi connectivity index (χ4v) is 2.37. The molecule has 0 unspecified atom stereocenters. The van der Waals surface area contributed by atoms with Gasteiger partial charge in [-0.3, -0.25) is 0 Å². The van der Waals surface area contributed by atoms with E-state index in [4.69, 9.17) is 10.8 Å². The summed E-state index contributed by atoms with van der Waals surface area (Å²) in [6.07, 6.45) is 0.974. The third kappa shape index (κ3) is 2.48. The van der Waals surface area contributed by atoms with E-state index in [1.54, 1.807) is 0 Å². The smallest absolute Gasteiger partial charge is 0.114 e. The lowest BCUT2D eigenvalue weighted by molar-refractivity contribution is 0.311. The fraction of sp³-hybridized carbons (Fsp3) is 0.250. The van der Waals surface area contributed by atoms with Crippen LogP contribution in [0.5, 0.6) is 0 Å². The normalized spacial score (nSPS) is 11.1. The highest BCUT2D eigenvalue weighted by molar-refractivity contribution is 5.97. The van der Waals surface area contributed by atoms with Gasteiger partial charge in [-0.05, 0) is 36.2 Å². The lowest BCUT2D eigenvalue weighted by Gasteiger charge is -2.10. The van der Waals surface area contributed by atoms with Crippen molar-refractivity contribution >= 4 is 33.4 Å². The van der Waals surface area contributed by atoms with Crippen molar-refractivity contribution in [3.05, 3.63) is 35.9 Å². The first-order valence-corrected chi connectivity index (χ1v) is 7.06. The first kappa shape index (κ1) is 13.6. The molecule has 3 aromatic rings. The van der Waals surface area contributed by atoms with Crippen LogP contribution < -0.4 is 11.1 Å². The van der Waals surface area contributed by atoms with E-state index in [-0.39, 0.29) is 6.61 Å². The minimum Gasteiger partial charge on any atom is -0.395 e. The minimum atomic E-state index is 0.0562. The van der Waals surface area contributed by atoms with Crippen LogP contribution in [0.1, 0.15) is 12.5 Å². The first-order valence-electron chi connectivity index (χ1n) is 7.06. The monoisotopic (exact) mass is 282 g/mol. The van der Waals surface area contributed by atoms with Gasteiger partial charge in [0, 0.05) is 6.54 Å². The number of nitrogen functional groups attached to an aromatic ring is 1. The lowest BCUT2D eigenvalue weighted by atomic mass is 10.1. The molecule has 4 N–H and O–H groups in total. The maximum atomic E-state index is 8.89. The van der Waals surface area contributed by atoms with Gasteiger partial charge in [0.15, 0.2) is 0 Å². The van der Waals surface area contributed by atoms with E-state index in [9.17, 15) is 0 Å². The Morgan fingerprint density at radius 2 is 1.90 bits per heavy atom. The van der Waals surface area contributed by atoms with Crippen molar-refractivity contribution in [2.45, 2.75) is 13.3 Å². The second kappa shape index (κ2) is 5.54. The van der Waals surface area contributed by atoms with Crippen LogP contribution in [0.25, 0.3) is 22.1 Å². The van der Waals surface area contributed by atoms with E-state index >= 15 is 0 Å². The van der Waals surface area contributed by atoms with Crippen LogP contribution in [-0.2, 0) is 6.42 Å². The molecular weight excluding hydrogens is 264 g/mol. The highest BCUT2D eigenvalue weighted by Crippen LogP contribution is 2.28. The molecule has 1 aromatic heterocycles. The molecule has 0 spiro atoms. The van der Waals surface area contributed by atoms with Gasteiger partial charge in [-0.25, -0.2) is 9.97 Å². The Kier molecular flexibility index (Phi) is 3.58. The lowest BCUT2D eigenvalue weighted by Crippen LogP contribution is -2.08. The number of aryl methyl sites for hydroxylation is 1. The number of rotatable bonds is 4. The number of fused-ring (bicyclic) bond motifs is 2. The molecule has 108 valence electrons. The number of nitrogens with zero attached hydrogens (tertiary/aromatic N) is 2. The molecule has 0 aliphatic rings. The zero-order chi connectivity index (χ0) is 14.8. The van der Waals surface area contributed by atoms with E-state index < -0.39 is 0 Å². The maximum absolute atomic E-state index is 8.89. The average Bonchev–Trinajstić information content (AvgIpc) is 2.52. The number of nitrogens with two attached hydrogens (primary N) is 1. The van der Waals surface area contributed by atoms with Gasteiger partial charge in [-0.2, -0.15) is 0 Å². The van der Waals surface area contributed by atoms with Crippen molar-refractivity contribution in [3.63, 3.8) is 0 Å². The summed E-state index contributed by atoms with van der Waals surface area (Å²) in [5, 5.41) is 12.0. The highest BCUT2D eigenvalue weighted by Gasteiger charge is 2.08. The largest absolute Gasteiger partial charge is 0.395 e. The standard InChI is InChI=1S/C16H18N4O/c1-2-10-3-4-11-14(9-10)19-13-6-5-12(18-7-8-21)15(17)16(13)20-11/h3-6,9,18,21H,2,7-8,17H2,1H3. The molecule has 1 heterocycles. The summed E-state index contributed by atoms with van der Waals surface area (Å²) in [6, 6.07) is 9.88. The number of aliphatic hydroxyl groups excluding tert-OH is 1. The van der Waals surface area contributed by atoms with Gasteiger partial charge in [-0.15, -0.1) is 0 Å². The van der Waals surface area contributed by atoms with E-state index in [1.807, 2.05) is 18.2 Å². The van der Waals surface area contributed by atoms with Crippen LogP contribution in [0.15, 0.2) is 30.3 Å². The second-order valence-electron chi connectivity index (χ2n) is 4.95. The zero-order valence-corrected chi connectivity index (χ0v) is 11.9. The van der Waals surface area contributed by atoms with Gasteiger partial charge >= 0.3 is 0 Å². The predicted octanol–water partition coefficient (Wildman–Crippen LogP) is 2.33. The topological polar surface area (TPSA) is 84.1 Å². The summed E-state index contributed by atoms with van der Waals surface area (Å²) < 4.78 is 0. The molecule has 0 aliphatic heterocycles. The van der Waals surface area contributed by atoms with E-state index in [1.165, 1.54) is 5.56 Å². The van der Waals surface area contributed by atoms with E-state index in [0.717, 1.165) is 28.7 Å².